The minimum Gasteiger partial charge on any atom is -0.298 e. The predicted molar refractivity (Wildman–Crippen MR) is 87.4 cm³/mol. The van der Waals surface area contributed by atoms with Gasteiger partial charge in [-0.2, -0.15) is 0 Å². The number of hydrogen-bond acceptors (Lipinski definition) is 3. The molecule has 0 unspecified atom stereocenters. The van der Waals surface area contributed by atoms with E-state index < -0.39 is 11.8 Å². The first-order valence-corrected chi connectivity index (χ1v) is 7.90. The number of carbonyl (C=O) groups excluding carboxylic acids is 3. The molecule has 0 heterocycles. The summed E-state index contributed by atoms with van der Waals surface area (Å²) in [6, 6.07) is 17.7. The summed E-state index contributed by atoms with van der Waals surface area (Å²) >= 11 is 0. The molecule has 2 aromatic carbocycles. The molecule has 1 saturated carbocycles. The van der Waals surface area contributed by atoms with E-state index in [1.54, 1.807) is 48.5 Å². The van der Waals surface area contributed by atoms with Gasteiger partial charge in [0.05, 0.1) is 11.8 Å². The lowest BCUT2D eigenvalue weighted by Crippen LogP contribution is -2.37. The fraction of sp³-hybridized carbons (Fsp3) is 0.250. The first kappa shape index (κ1) is 15.3. The van der Waals surface area contributed by atoms with E-state index in [0.29, 0.717) is 24.0 Å². The molecule has 0 spiro atoms. The summed E-state index contributed by atoms with van der Waals surface area (Å²) in [6.45, 7) is 0. The van der Waals surface area contributed by atoms with Crippen LogP contribution >= 0.6 is 0 Å². The molecule has 0 saturated heterocycles. The van der Waals surface area contributed by atoms with Gasteiger partial charge in [-0.05, 0) is 12.8 Å². The van der Waals surface area contributed by atoms with Gasteiger partial charge in [0.25, 0.3) is 0 Å². The van der Waals surface area contributed by atoms with Crippen LogP contribution in [0, 0.1) is 11.8 Å². The molecule has 3 nitrogen and oxygen atoms in total. The molecule has 3 rings (SSSR count). The topological polar surface area (TPSA) is 51.2 Å². The summed E-state index contributed by atoms with van der Waals surface area (Å²) < 4.78 is 0. The second-order valence-corrected chi connectivity index (χ2v) is 5.90. The average molecular weight is 306 g/mol. The Kier molecular flexibility index (Phi) is 4.47. The van der Waals surface area contributed by atoms with Crippen molar-refractivity contribution < 1.29 is 14.4 Å². The second kappa shape index (κ2) is 6.69. The van der Waals surface area contributed by atoms with Gasteiger partial charge in [-0.25, -0.2) is 0 Å². The standard InChI is InChI=1S/C20H18O3/c21-18(14-8-3-1-4-9-14)16-12-7-13-17(20(16)23)19(22)15-10-5-2-6-11-15/h1-6,8-11,16-17H,7,12-13H2/t16-,17-/m0/s1. The molecule has 2 aromatic rings. The van der Waals surface area contributed by atoms with Crippen molar-refractivity contribution in [1.29, 1.82) is 0 Å². The van der Waals surface area contributed by atoms with Gasteiger partial charge in [-0.1, -0.05) is 67.1 Å². The van der Waals surface area contributed by atoms with Gasteiger partial charge in [0, 0.05) is 11.1 Å². The molecule has 0 radical (unpaired) electrons. The molecule has 116 valence electrons. The van der Waals surface area contributed by atoms with Crippen LogP contribution in [0.4, 0.5) is 0 Å². The first-order valence-electron chi connectivity index (χ1n) is 7.90. The van der Waals surface area contributed by atoms with Gasteiger partial charge < -0.3 is 0 Å². The smallest absolute Gasteiger partial charge is 0.173 e. The van der Waals surface area contributed by atoms with Crippen molar-refractivity contribution in [2.75, 3.05) is 0 Å². The largest absolute Gasteiger partial charge is 0.298 e. The van der Waals surface area contributed by atoms with E-state index in [1.807, 2.05) is 12.1 Å². The van der Waals surface area contributed by atoms with E-state index in [2.05, 4.69) is 0 Å². The molecule has 0 bridgehead atoms. The maximum atomic E-state index is 12.7. The lowest BCUT2D eigenvalue weighted by Gasteiger charge is -2.26. The number of hydrogen-bond donors (Lipinski definition) is 0. The van der Waals surface area contributed by atoms with E-state index in [4.69, 9.17) is 0 Å². The van der Waals surface area contributed by atoms with Crippen LogP contribution in [-0.2, 0) is 4.79 Å². The quantitative estimate of drug-likeness (QED) is 0.638. The Balaban J connectivity index is 1.82. The molecular weight excluding hydrogens is 288 g/mol. The first-order chi connectivity index (χ1) is 11.2. The monoisotopic (exact) mass is 306 g/mol. The van der Waals surface area contributed by atoms with Crippen molar-refractivity contribution in [2.45, 2.75) is 19.3 Å². The van der Waals surface area contributed by atoms with Crippen LogP contribution < -0.4 is 0 Å². The molecule has 0 aromatic heterocycles. The SMILES string of the molecule is O=C(c1ccccc1)[C@@H]1CCC[C@@H](C(=O)c2ccccc2)C1=O. The molecular formula is C20H18O3. The Labute approximate surface area is 135 Å². The Hall–Kier alpha value is -2.55. The molecule has 0 amide bonds. The van der Waals surface area contributed by atoms with Crippen molar-refractivity contribution in [3.05, 3.63) is 71.8 Å². The Morgan fingerprint density at radius 1 is 0.696 bits per heavy atom. The Bertz CT molecular complexity index is 658. The third-order valence-electron chi connectivity index (χ3n) is 4.42. The number of Topliss-reactive ketones (excluding diaryl/α,β-unsaturated/α-hetero) is 3. The lowest BCUT2D eigenvalue weighted by molar-refractivity contribution is -0.125. The summed E-state index contributed by atoms with van der Waals surface area (Å²) in [5, 5.41) is 0. The van der Waals surface area contributed by atoms with Crippen LogP contribution in [0.1, 0.15) is 40.0 Å². The van der Waals surface area contributed by atoms with Crippen LogP contribution in [0.5, 0.6) is 0 Å². The minimum absolute atomic E-state index is 0.166. The maximum absolute atomic E-state index is 12.7. The van der Waals surface area contributed by atoms with Crippen molar-refractivity contribution in [2.24, 2.45) is 11.8 Å². The van der Waals surface area contributed by atoms with Crippen LogP contribution in [0.15, 0.2) is 60.7 Å². The zero-order valence-corrected chi connectivity index (χ0v) is 12.8. The highest BCUT2D eigenvalue weighted by Gasteiger charge is 2.39. The number of rotatable bonds is 4. The van der Waals surface area contributed by atoms with Gasteiger partial charge >= 0.3 is 0 Å². The normalized spacial score (nSPS) is 21.0. The van der Waals surface area contributed by atoms with Crippen LogP contribution in [0.2, 0.25) is 0 Å². The number of ketones is 3. The molecule has 3 heteroatoms. The summed E-state index contributed by atoms with van der Waals surface area (Å²) in [5.74, 6) is -1.94. The highest BCUT2D eigenvalue weighted by molar-refractivity contribution is 6.19. The predicted octanol–water partition coefficient (Wildman–Crippen LogP) is 3.74. The van der Waals surface area contributed by atoms with Crippen molar-refractivity contribution in [1.82, 2.24) is 0 Å². The van der Waals surface area contributed by atoms with Crippen molar-refractivity contribution >= 4 is 17.3 Å². The van der Waals surface area contributed by atoms with E-state index in [1.165, 1.54) is 0 Å². The van der Waals surface area contributed by atoms with Crippen molar-refractivity contribution in [3.8, 4) is 0 Å². The average Bonchev–Trinajstić information content (AvgIpc) is 2.62. The van der Waals surface area contributed by atoms with E-state index in [0.717, 1.165) is 6.42 Å². The van der Waals surface area contributed by atoms with Crippen molar-refractivity contribution in [3.63, 3.8) is 0 Å². The highest BCUT2D eigenvalue weighted by Crippen LogP contribution is 2.30. The van der Waals surface area contributed by atoms with E-state index >= 15 is 0 Å². The van der Waals surface area contributed by atoms with Crippen LogP contribution in [-0.4, -0.2) is 17.3 Å². The van der Waals surface area contributed by atoms with E-state index in [9.17, 15) is 14.4 Å². The highest BCUT2D eigenvalue weighted by atomic mass is 16.2. The van der Waals surface area contributed by atoms with Gasteiger partial charge in [0.2, 0.25) is 0 Å². The second-order valence-electron chi connectivity index (χ2n) is 5.90. The summed E-state index contributed by atoms with van der Waals surface area (Å²) in [5.41, 5.74) is 1.08. The number of carbonyl (C=O) groups is 3. The molecule has 1 fully saturated rings. The van der Waals surface area contributed by atoms with Crippen LogP contribution in [0.3, 0.4) is 0 Å². The Morgan fingerprint density at radius 3 is 1.48 bits per heavy atom. The third-order valence-corrected chi connectivity index (χ3v) is 4.42. The molecule has 0 aliphatic heterocycles. The van der Waals surface area contributed by atoms with Gasteiger partial charge in [-0.15, -0.1) is 0 Å². The van der Waals surface area contributed by atoms with E-state index in [-0.39, 0.29) is 17.3 Å². The third kappa shape index (κ3) is 3.14. The van der Waals surface area contributed by atoms with Gasteiger partial charge in [-0.3, -0.25) is 14.4 Å². The summed E-state index contributed by atoms with van der Waals surface area (Å²) in [7, 11) is 0. The fourth-order valence-electron chi connectivity index (χ4n) is 3.18. The molecule has 1 aliphatic rings. The maximum Gasteiger partial charge on any atom is 0.173 e. The minimum atomic E-state index is -0.691. The van der Waals surface area contributed by atoms with Crippen LogP contribution in [0.25, 0.3) is 0 Å². The zero-order chi connectivity index (χ0) is 16.2. The molecule has 0 N–H and O–H groups in total. The molecule has 1 aliphatic carbocycles. The zero-order valence-electron chi connectivity index (χ0n) is 12.8. The fourth-order valence-corrected chi connectivity index (χ4v) is 3.18. The summed E-state index contributed by atoms with van der Waals surface area (Å²) in [6.07, 6.45) is 1.79. The van der Waals surface area contributed by atoms with Gasteiger partial charge in [0.1, 0.15) is 0 Å². The number of benzene rings is 2. The van der Waals surface area contributed by atoms with Gasteiger partial charge in [0.15, 0.2) is 17.3 Å². The molecule has 23 heavy (non-hydrogen) atoms. The lowest BCUT2D eigenvalue weighted by atomic mass is 9.74. The molecule has 2 atom stereocenters. The Morgan fingerprint density at radius 2 is 1.09 bits per heavy atom. The summed E-state index contributed by atoms with van der Waals surface area (Å²) in [4.78, 5) is 37.9.